The van der Waals surface area contributed by atoms with E-state index in [1.54, 1.807) is 6.08 Å². The maximum absolute atomic E-state index is 13.6. The van der Waals surface area contributed by atoms with Crippen molar-refractivity contribution >= 4 is 5.91 Å². The molecule has 8 heterocycles. The summed E-state index contributed by atoms with van der Waals surface area (Å²) < 4.78 is 92.4. The summed E-state index contributed by atoms with van der Waals surface area (Å²) in [4.78, 5) is 13.6. The molecule has 1 amide bonds. The number of amides is 1. The number of rotatable bonds is 64. The van der Waals surface area contributed by atoms with Crippen LogP contribution in [0.1, 0.15) is 245 Å². The van der Waals surface area contributed by atoms with Crippen molar-refractivity contribution in [2.45, 2.75) is 503 Å². The molecule has 0 radical (unpaired) electrons. The van der Waals surface area contributed by atoms with E-state index in [0.717, 1.165) is 51.4 Å². The van der Waals surface area contributed by atoms with Crippen molar-refractivity contribution in [3.63, 3.8) is 0 Å². The monoisotopic (exact) mass is 1970 g/mol. The topological polar surface area (TPSA) is 703 Å². The van der Waals surface area contributed by atoms with E-state index in [0.29, 0.717) is 12.8 Å². The lowest BCUT2D eigenvalue weighted by Gasteiger charge is -2.50. The third kappa shape index (κ3) is 34.6. The lowest BCUT2D eigenvalue weighted by molar-refractivity contribution is -0.401. The molecule has 8 saturated heterocycles. The highest BCUT2D eigenvalue weighted by molar-refractivity contribution is 5.76. The standard InChI is InChI=1S/C92H167NO43/c1-3-5-7-9-11-13-15-17-18-19-20-21-22-23-24-25-26-28-30-32-34-36-38-40-60(103)93-50(51(102)39-37-35-33-31-29-27-16-14-12-10-8-6-4-2)49-121-85-71(114)68(111)78(58(47-100)128-85)130-87-72(115)69(112)79(59(48-101)129-87)131-88-73(116)81(63(106)53(42-95)123-88)133-90-75(118)83(65(108)55(44-97)125-90)135-92-77(120)84(66(109)57(46-99)127-92)136-91-76(119)82(64(107)56(45-98)126-91)134-89-74(117)80(62(105)54(43-96)124-89)132-86-70(113)67(110)61(104)52(41-94)122-86/h37,39,50-59,61-92,94-102,104-120H,3-36,38,40-49H2,1-2H3,(H,93,103)/b39-37+/t50-,51+,52?,53?,54?,55?,56?,57?,58?,59?,61-,62-,63-,64-,65-,66-,67-,68+,69+,70?,71?,72?,73?,74?,75?,76?,77?,78+,79-,80-,81-,82-,83-,84-,85+,86+,87-,88-,89+,90+,91+,92+/m0/s1. The molecule has 8 aliphatic heterocycles. The average molecular weight is 1980 g/mol. The lowest BCUT2D eigenvalue weighted by atomic mass is 9.95. The first-order valence-corrected chi connectivity index (χ1v) is 50.0. The van der Waals surface area contributed by atoms with Gasteiger partial charge < -0.3 is 214 Å². The van der Waals surface area contributed by atoms with Crippen LogP contribution in [0.25, 0.3) is 0 Å². The Morgan fingerprint density at radius 3 is 0.757 bits per heavy atom. The highest BCUT2D eigenvalue weighted by atomic mass is 16.8. The third-order valence-electron chi connectivity index (χ3n) is 27.2. The minimum atomic E-state index is -2.39. The minimum absolute atomic E-state index is 0.164. The largest absolute Gasteiger partial charge is 0.394 e. The van der Waals surface area contributed by atoms with Crippen molar-refractivity contribution < 1.29 is 213 Å². The summed E-state index contributed by atoms with van der Waals surface area (Å²) in [5.74, 6) is -0.351. The second kappa shape index (κ2) is 63.2. The number of aliphatic hydroxyl groups is 26. The van der Waals surface area contributed by atoms with E-state index in [1.807, 2.05) is 6.08 Å². The number of ether oxygens (including phenoxy) is 16. The first-order chi connectivity index (χ1) is 65.5. The van der Waals surface area contributed by atoms with Gasteiger partial charge in [0.15, 0.2) is 50.3 Å². The van der Waals surface area contributed by atoms with Crippen LogP contribution in [0.3, 0.4) is 0 Å². The molecule has 0 spiro atoms. The van der Waals surface area contributed by atoms with Gasteiger partial charge in [0.2, 0.25) is 5.91 Å². The van der Waals surface area contributed by atoms with Crippen LogP contribution < -0.4 is 5.32 Å². The first kappa shape index (κ1) is 119. The van der Waals surface area contributed by atoms with E-state index in [-0.39, 0.29) is 12.3 Å². The molecule has 0 aliphatic carbocycles. The molecule has 0 aromatic rings. The molecule has 0 bridgehead atoms. The van der Waals surface area contributed by atoms with Gasteiger partial charge in [0.25, 0.3) is 0 Å². The van der Waals surface area contributed by atoms with E-state index < -0.39 is 317 Å². The van der Waals surface area contributed by atoms with Gasteiger partial charge in [-0.05, 0) is 19.3 Å². The molecular weight excluding hydrogens is 1810 g/mol. The van der Waals surface area contributed by atoms with Crippen molar-refractivity contribution in [2.75, 3.05) is 59.5 Å². The maximum atomic E-state index is 13.6. The summed E-state index contributed by atoms with van der Waals surface area (Å²) in [6.07, 6.45) is -38.1. The number of aliphatic hydroxyl groups excluding tert-OH is 26. The SMILES string of the molecule is CCCCCCCCCCCCC/C=C/[C@@H](O)[C@H](CO[C@@H]1OC(CO)[C@@H](O[C@@H]2OC(CO)[C@H](O[C@@H]3OC(CO)[C@H](O)[C@H](O[C@H]4OC(CO)[C@H](O)[C@H](O[C@H]5OC(CO)[C@H](O)[C@H](O[C@H]6OC(CO)[C@H](O)[C@H](O[C@H]7OC(CO)[C@H](O)[C@H](O[C@H]8OC(CO)[C@H](O)[C@H](O)C8O)C7O)C6O)C5O)C4O)C3O)[C@H](O)C2O)[C@H](O)C1O)NC(=O)CCCCCCCCCCCCCCCCCCCCCCCCC. The van der Waals surface area contributed by atoms with Crippen LogP contribution in [0, 0.1) is 0 Å². The van der Waals surface area contributed by atoms with Gasteiger partial charge in [-0.1, -0.05) is 231 Å². The highest BCUT2D eigenvalue weighted by Gasteiger charge is 2.60. The number of carbonyl (C=O) groups excluding carboxylic acids is 1. The molecule has 8 fully saturated rings. The second-order valence-corrected chi connectivity index (χ2v) is 37.6. The van der Waals surface area contributed by atoms with Gasteiger partial charge in [0.05, 0.1) is 71.6 Å². The molecule has 136 heavy (non-hydrogen) atoms. The summed E-state index contributed by atoms with van der Waals surface area (Å²) in [6, 6.07) is -1.08. The summed E-state index contributed by atoms with van der Waals surface area (Å²) in [5.41, 5.74) is 0. The van der Waals surface area contributed by atoms with E-state index >= 15 is 0 Å². The van der Waals surface area contributed by atoms with Crippen LogP contribution in [0.15, 0.2) is 12.2 Å². The fourth-order valence-electron chi connectivity index (χ4n) is 18.7. The summed E-state index contributed by atoms with van der Waals surface area (Å²) in [7, 11) is 0. The number of hydrogen-bond donors (Lipinski definition) is 27. The minimum Gasteiger partial charge on any atom is -0.394 e. The zero-order valence-corrected chi connectivity index (χ0v) is 78.8. The van der Waals surface area contributed by atoms with Crippen LogP contribution in [-0.2, 0) is 80.6 Å². The average Bonchev–Trinajstić information content (AvgIpc) is 0.769. The molecule has 0 aromatic heterocycles. The van der Waals surface area contributed by atoms with E-state index in [1.165, 1.54) is 161 Å². The van der Waals surface area contributed by atoms with Gasteiger partial charge in [0, 0.05) is 6.42 Å². The zero-order chi connectivity index (χ0) is 99.1. The number of nitrogens with one attached hydrogen (secondary N) is 1. The summed E-state index contributed by atoms with van der Waals surface area (Å²) in [5, 5.41) is 293. The molecule has 44 heteroatoms. The molecule has 8 rings (SSSR count). The van der Waals surface area contributed by atoms with Crippen LogP contribution >= 0.6 is 0 Å². The van der Waals surface area contributed by atoms with Crippen LogP contribution in [0.5, 0.6) is 0 Å². The van der Waals surface area contributed by atoms with Crippen molar-refractivity contribution in [2.24, 2.45) is 0 Å². The van der Waals surface area contributed by atoms with Crippen LogP contribution in [-0.4, -0.2) is 456 Å². The van der Waals surface area contributed by atoms with Crippen LogP contribution in [0.2, 0.25) is 0 Å². The molecule has 0 saturated carbocycles. The van der Waals surface area contributed by atoms with Crippen LogP contribution in [0.4, 0.5) is 0 Å². The maximum Gasteiger partial charge on any atom is 0.220 e. The number of hydrogen-bond acceptors (Lipinski definition) is 43. The molecule has 27 N–H and O–H groups in total. The van der Waals surface area contributed by atoms with Gasteiger partial charge in [-0.2, -0.15) is 0 Å². The Morgan fingerprint density at radius 2 is 0.478 bits per heavy atom. The second-order valence-electron chi connectivity index (χ2n) is 37.6. The number of unbranched alkanes of at least 4 members (excludes halogenated alkanes) is 33. The summed E-state index contributed by atoms with van der Waals surface area (Å²) >= 11 is 0. The van der Waals surface area contributed by atoms with Crippen molar-refractivity contribution in [3.05, 3.63) is 12.2 Å². The number of allylic oxidation sites excluding steroid dienone is 1. The molecular formula is C92H167NO43. The first-order valence-electron chi connectivity index (χ1n) is 50.0. The van der Waals surface area contributed by atoms with Gasteiger partial charge >= 0.3 is 0 Å². The van der Waals surface area contributed by atoms with E-state index in [9.17, 15) is 138 Å². The van der Waals surface area contributed by atoms with Gasteiger partial charge in [-0.3, -0.25) is 4.79 Å². The highest BCUT2D eigenvalue weighted by Crippen LogP contribution is 2.40. The quantitative estimate of drug-likeness (QED) is 0.0204. The molecule has 42 atom stereocenters. The van der Waals surface area contributed by atoms with Crippen molar-refractivity contribution in [1.82, 2.24) is 5.32 Å². The fourth-order valence-corrected chi connectivity index (χ4v) is 18.7. The van der Waals surface area contributed by atoms with Gasteiger partial charge in [-0.15, -0.1) is 0 Å². The Morgan fingerprint density at radius 1 is 0.257 bits per heavy atom. The molecule has 798 valence electrons. The zero-order valence-electron chi connectivity index (χ0n) is 78.8. The van der Waals surface area contributed by atoms with Gasteiger partial charge in [-0.25, -0.2) is 0 Å². The Labute approximate surface area is 795 Å². The Kier molecular flexibility index (Phi) is 55.2. The lowest BCUT2D eigenvalue weighted by Crippen LogP contribution is -2.69. The molecule has 8 aliphatic rings. The van der Waals surface area contributed by atoms with E-state index in [4.69, 9.17) is 75.8 Å². The Hall–Kier alpha value is -2.47. The fraction of sp³-hybridized carbons (Fsp3) is 0.967. The summed E-state index contributed by atoms with van der Waals surface area (Å²) in [6.45, 7) is -4.46. The predicted octanol–water partition coefficient (Wildman–Crippen LogP) is -3.94. The smallest absolute Gasteiger partial charge is 0.220 e. The molecule has 0 aromatic carbocycles. The van der Waals surface area contributed by atoms with Crippen molar-refractivity contribution in [3.8, 4) is 0 Å². The predicted molar refractivity (Wildman–Crippen MR) is 473 cm³/mol. The normalized spacial score (nSPS) is 39.7. The van der Waals surface area contributed by atoms with Crippen molar-refractivity contribution in [1.29, 1.82) is 0 Å². The Balaban J connectivity index is 0.839. The number of carbonyl (C=O) groups is 1. The molecule has 16 unspecified atom stereocenters. The van der Waals surface area contributed by atoms with Gasteiger partial charge in [0.1, 0.15) is 195 Å². The Bertz CT molecular complexity index is 3160. The van der Waals surface area contributed by atoms with E-state index in [2.05, 4.69) is 19.2 Å². The molecule has 44 nitrogen and oxygen atoms in total. The third-order valence-corrected chi connectivity index (χ3v) is 27.2.